The molecule has 4 N–H and O–H groups in total. The predicted octanol–water partition coefficient (Wildman–Crippen LogP) is 1.91. The number of cyclic esters (lactones) is 1. The number of fused-ring (bicyclic) bond motifs is 1. The summed E-state index contributed by atoms with van der Waals surface area (Å²) in [5.41, 5.74) is -0.363. The van der Waals surface area contributed by atoms with Crippen molar-refractivity contribution in [1.82, 2.24) is 0 Å². The van der Waals surface area contributed by atoms with Crippen LogP contribution in [0.25, 0.3) is 0 Å². The third-order valence-corrected chi connectivity index (χ3v) is 1.96. The molecule has 0 saturated heterocycles. The molecule has 1 aliphatic rings. The second-order valence-corrected chi connectivity index (χ2v) is 6.04. The Morgan fingerprint density at radius 2 is 1.37 bits per heavy atom. The van der Waals surface area contributed by atoms with E-state index in [9.17, 15) is 20.0 Å². The fraction of sp³-hybridized carbons (Fsp3) is 0.588. The number of hydrogen-bond donors (Lipinski definition) is 4. The molecule has 1 atom stereocenters. The minimum Gasteiger partial charge on any atom is -0.428 e. The van der Waals surface area contributed by atoms with Crippen molar-refractivity contribution < 1.29 is 56.6 Å². The van der Waals surface area contributed by atoms with Crippen LogP contribution in [-0.2, 0) is 26.5 Å². The minimum absolute atomic E-state index is 0. The molecule has 1 aliphatic heterocycles. The molecule has 154 valence electrons. The first-order chi connectivity index (χ1) is 11.8. The Morgan fingerprint density at radius 1 is 1.00 bits per heavy atom. The van der Waals surface area contributed by atoms with Crippen molar-refractivity contribution in [3.63, 3.8) is 0 Å². The SMILES string of the molecule is CC(C)O.CC(C)O.CC(C)O.O=C1OC(O)c2cccc([N+](=O)[O-])c21.[Ti]. The molecule has 0 fully saturated rings. The zero-order valence-electron chi connectivity index (χ0n) is 16.4. The van der Waals surface area contributed by atoms with Crippen molar-refractivity contribution in [3.8, 4) is 0 Å². The van der Waals surface area contributed by atoms with Crippen LogP contribution in [0.4, 0.5) is 5.69 Å². The van der Waals surface area contributed by atoms with Crippen LogP contribution in [0.1, 0.15) is 63.8 Å². The summed E-state index contributed by atoms with van der Waals surface area (Å²) in [6.45, 7) is 10.3. The molecular formula is C17H29NO8Ti. The number of nitro groups is 1. The first-order valence-electron chi connectivity index (χ1n) is 8.01. The molecule has 0 saturated carbocycles. The van der Waals surface area contributed by atoms with E-state index < -0.39 is 17.2 Å². The average molecular weight is 423 g/mol. The third-order valence-electron chi connectivity index (χ3n) is 1.96. The smallest absolute Gasteiger partial charge is 0.348 e. The summed E-state index contributed by atoms with van der Waals surface area (Å²) in [7, 11) is 0. The Labute approximate surface area is 174 Å². The van der Waals surface area contributed by atoms with Crippen LogP contribution in [-0.4, -0.2) is 49.6 Å². The summed E-state index contributed by atoms with van der Waals surface area (Å²) in [6, 6.07) is 4.00. The fourth-order valence-electron chi connectivity index (χ4n) is 1.36. The molecule has 0 spiro atoms. The maximum absolute atomic E-state index is 11.1. The van der Waals surface area contributed by atoms with Gasteiger partial charge < -0.3 is 25.2 Å². The molecule has 1 aromatic rings. The summed E-state index contributed by atoms with van der Waals surface area (Å²) < 4.78 is 4.43. The quantitative estimate of drug-likeness (QED) is 0.232. The number of carbonyl (C=O) groups excluding carboxylic acids is 1. The second-order valence-electron chi connectivity index (χ2n) is 6.04. The summed E-state index contributed by atoms with van der Waals surface area (Å²) in [4.78, 5) is 21.0. The van der Waals surface area contributed by atoms with Gasteiger partial charge in [-0.05, 0) is 41.5 Å². The number of nitro benzene ring substituents is 1. The van der Waals surface area contributed by atoms with Crippen LogP contribution in [0.3, 0.4) is 0 Å². The molecule has 9 nitrogen and oxygen atoms in total. The van der Waals surface area contributed by atoms with Crippen molar-refractivity contribution in [2.45, 2.75) is 66.1 Å². The second kappa shape index (κ2) is 15.7. The maximum atomic E-state index is 11.1. The Kier molecular flexibility index (Phi) is 17.6. The van der Waals surface area contributed by atoms with E-state index in [0.29, 0.717) is 0 Å². The molecule has 0 bridgehead atoms. The molecule has 1 unspecified atom stereocenters. The van der Waals surface area contributed by atoms with Gasteiger partial charge in [-0.2, -0.15) is 0 Å². The summed E-state index contributed by atoms with van der Waals surface area (Å²) in [6.07, 6.45) is -1.89. The summed E-state index contributed by atoms with van der Waals surface area (Å²) >= 11 is 0. The number of esters is 1. The van der Waals surface area contributed by atoms with E-state index in [2.05, 4.69) is 4.74 Å². The third kappa shape index (κ3) is 15.4. The summed E-state index contributed by atoms with van der Waals surface area (Å²) in [5.74, 6) is -0.861. The number of aliphatic hydroxyl groups is 4. The van der Waals surface area contributed by atoms with Gasteiger partial charge in [0.2, 0.25) is 6.29 Å². The fourth-order valence-corrected chi connectivity index (χ4v) is 1.36. The Morgan fingerprint density at radius 3 is 1.70 bits per heavy atom. The van der Waals surface area contributed by atoms with Gasteiger partial charge in [0, 0.05) is 51.7 Å². The Bertz CT molecular complexity index is 541. The molecule has 1 aromatic carbocycles. The average Bonchev–Trinajstić information content (AvgIpc) is 2.72. The van der Waals surface area contributed by atoms with Crippen LogP contribution in [0.15, 0.2) is 18.2 Å². The van der Waals surface area contributed by atoms with E-state index in [4.69, 9.17) is 15.3 Å². The molecule has 27 heavy (non-hydrogen) atoms. The van der Waals surface area contributed by atoms with Gasteiger partial charge in [-0.25, -0.2) is 4.79 Å². The Balaban J connectivity index is -0.000000371. The van der Waals surface area contributed by atoms with Crippen LogP contribution in [0.2, 0.25) is 0 Å². The van der Waals surface area contributed by atoms with Crippen molar-refractivity contribution >= 4 is 11.7 Å². The zero-order valence-corrected chi connectivity index (χ0v) is 18.0. The molecule has 0 amide bonds. The van der Waals surface area contributed by atoms with Gasteiger partial charge in [0.1, 0.15) is 5.56 Å². The van der Waals surface area contributed by atoms with E-state index in [1.165, 1.54) is 18.2 Å². The number of hydrogen-bond acceptors (Lipinski definition) is 8. The van der Waals surface area contributed by atoms with E-state index in [1.54, 1.807) is 41.5 Å². The van der Waals surface area contributed by atoms with Gasteiger partial charge >= 0.3 is 5.97 Å². The molecular weight excluding hydrogens is 394 g/mol. The van der Waals surface area contributed by atoms with Crippen LogP contribution >= 0.6 is 0 Å². The molecule has 0 aliphatic carbocycles. The molecule has 0 radical (unpaired) electrons. The molecule has 10 heteroatoms. The van der Waals surface area contributed by atoms with Crippen LogP contribution in [0, 0.1) is 10.1 Å². The number of rotatable bonds is 1. The predicted molar refractivity (Wildman–Crippen MR) is 95.5 cm³/mol. The zero-order chi connectivity index (χ0) is 21.0. The molecule has 1 heterocycles. The Hall–Kier alpha value is -1.36. The topological polar surface area (TPSA) is 150 Å². The number of aliphatic hydroxyl groups excluding tert-OH is 4. The normalized spacial score (nSPS) is 13.8. The minimum atomic E-state index is -1.39. The van der Waals surface area contributed by atoms with Crippen molar-refractivity contribution in [2.75, 3.05) is 0 Å². The van der Waals surface area contributed by atoms with Crippen molar-refractivity contribution in [1.29, 1.82) is 0 Å². The largest absolute Gasteiger partial charge is 0.428 e. The van der Waals surface area contributed by atoms with E-state index in [-0.39, 0.29) is 56.8 Å². The van der Waals surface area contributed by atoms with Crippen molar-refractivity contribution in [2.24, 2.45) is 0 Å². The van der Waals surface area contributed by atoms with E-state index >= 15 is 0 Å². The summed E-state index contributed by atoms with van der Waals surface area (Å²) in [5, 5.41) is 43.9. The van der Waals surface area contributed by atoms with Crippen LogP contribution in [0.5, 0.6) is 0 Å². The number of benzene rings is 1. The van der Waals surface area contributed by atoms with E-state index in [0.717, 1.165) is 0 Å². The van der Waals surface area contributed by atoms with Gasteiger partial charge in [-0.15, -0.1) is 0 Å². The maximum Gasteiger partial charge on any atom is 0.348 e. The van der Waals surface area contributed by atoms with Gasteiger partial charge in [0.15, 0.2) is 0 Å². The van der Waals surface area contributed by atoms with Crippen molar-refractivity contribution in [3.05, 3.63) is 39.4 Å². The van der Waals surface area contributed by atoms with Gasteiger partial charge in [-0.3, -0.25) is 10.1 Å². The first-order valence-corrected chi connectivity index (χ1v) is 8.01. The monoisotopic (exact) mass is 423 g/mol. The van der Waals surface area contributed by atoms with Gasteiger partial charge in [0.05, 0.1) is 4.92 Å². The number of ether oxygens (including phenoxy) is 1. The molecule has 0 aromatic heterocycles. The first kappa shape index (κ1) is 30.4. The molecule has 2 rings (SSSR count). The number of nitrogens with zero attached hydrogens (tertiary/aromatic N) is 1. The standard InChI is InChI=1S/C8H5NO5.3C3H8O.Ti/c10-7-4-2-1-3-5(9(12)13)6(4)8(11)14-7;3*1-3(2)4;/h1-3,7,10H;3*3-4H,1-2H3;. The van der Waals surface area contributed by atoms with Gasteiger partial charge in [-0.1, -0.05) is 12.1 Å². The van der Waals surface area contributed by atoms with Gasteiger partial charge in [0.25, 0.3) is 5.69 Å². The van der Waals surface area contributed by atoms with E-state index in [1.807, 2.05) is 0 Å². The number of carbonyl (C=O) groups is 1. The van der Waals surface area contributed by atoms with Crippen LogP contribution < -0.4 is 0 Å².